The zero-order chi connectivity index (χ0) is 14.0. The number of hydrogen-bond acceptors (Lipinski definition) is 4. The van der Waals surface area contributed by atoms with Gasteiger partial charge in [-0.1, -0.05) is 0 Å². The Labute approximate surface area is 117 Å². The van der Waals surface area contributed by atoms with Crippen molar-refractivity contribution in [1.82, 2.24) is 0 Å². The molecular weight excluding hydrogens is 280 g/mol. The molecule has 0 fully saturated rings. The monoisotopic (exact) mass is 296 g/mol. The van der Waals surface area contributed by atoms with E-state index in [1.807, 2.05) is 38.1 Å². The highest BCUT2D eigenvalue weighted by atomic mass is 32.2. The van der Waals surface area contributed by atoms with Crippen LogP contribution < -0.4 is 9.62 Å². The predicted octanol–water partition coefficient (Wildman–Crippen LogP) is 2.92. The van der Waals surface area contributed by atoms with Crippen molar-refractivity contribution in [1.29, 1.82) is 0 Å². The molecule has 0 saturated heterocycles. The van der Waals surface area contributed by atoms with Gasteiger partial charge in [0.05, 0.1) is 0 Å². The van der Waals surface area contributed by atoms with Gasteiger partial charge in [-0.3, -0.25) is 4.72 Å². The van der Waals surface area contributed by atoms with E-state index in [2.05, 4.69) is 4.72 Å². The van der Waals surface area contributed by atoms with Crippen LogP contribution in [0.2, 0.25) is 0 Å². The van der Waals surface area contributed by atoms with Crippen LogP contribution in [-0.4, -0.2) is 22.5 Å². The van der Waals surface area contributed by atoms with Crippen molar-refractivity contribution in [2.24, 2.45) is 0 Å². The SMILES string of the molecule is Cc1ccc(S(=O)(=O)Nc2ccc(N(C)C)cc2)s1. The molecule has 0 aliphatic heterocycles. The van der Waals surface area contributed by atoms with Gasteiger partial charge in [0.15, 0.2) is 0 Å². The molecule has 1 aromatic heterocycles. The smallest absolute Gasteiger partial charge is 0.271 e. The van der Waals surface area contributed by atoms with Crippen molar-refractivity contribution < 1.29 is 8.42 Å². The van der Waals surface area contributed by atoms with Crippen molar-refractivity contribution in [3.05, 3.63) is 41.3 Å². The van der Waals surface area contributed by atoms with E-state index in [0.717, 1.165) is 10.6 Å². The second kappa shape index (κ2) is 5.22. The normalized spacial score (nSPS) is 11.3. The third-order valence-electron chi connectivity index (χ3n) is 2.62. The van der Waals surface area contributed by atoms with Crippen molar-refractivity contribution in [3.8, 4) is 0 Å². The highest BCUT2D eigenvalue weighted by Crippen LogP contribution is 2.24. The van der Waals surface area contributed by atoms with E-state index in [0.29, 0.717) is 9.90 Å². The highest BCUT2D eigenvalue weighted by Gasteiger charge is 2.16. The van der Waals surface area contributed by atoms with E-state index in [4.69, 9.17) is 0 Å². The summed E-state index contributed by atoms with van der Waals surface area (Å²) in [5, 5.41) is 0. The lowest BCUT2D eigenvalue weighted by Crippen LogP contribution is -2.12. The summed E-state index contributed by atoms with van der Waals surface area (Å²) in [5.41, 5.74) is 1.59. The van der Waals surface area contributed by atoms with E-state index >= 15 is 0 Å². The third-order valence-corrected chi connectivity index (χ3v) is 5.49. The Kier molecular flexibility index (Phi) is 3.82. The Morgan fingerprint density at radius 2 is 1.68 bits per heavy atom. The summed E-state index contributed by atoms with van der Waals surface area (Å²) in [6.07, 6.45) is 0. The van der Waals surface area contributed by atoms with Gasteiger partial charge < -0.3 is 4.90 Å². The maximum atomic E-state index is 12.1. The zero-order valence-corrected chi connectivity index (χ0v) is 12.7. The molecule has 2 aromatic rings. The maximum Gasteiger partial charge on any atom is 0.271 e. The minimum absolute atomic E-state index is 0.335. The van der Waals surface area contributed by atoms with Crippen LogP contribution in [0.5, 0.6) is 0 Å². The van der Waals surface area contributed by atoms with Crippen LogP contribution in [0.1, 0.15) is 4.88 Å². The first-order valence-electron chi connectivity index (χ1n) is 5.75. The summed E-state index contributed by atoms with van der Waals surface area (Å²) in [6.45, 7) is 1.88. The Balaban J connectivity index is 2.21. The van der Waals surface area contributed by atoms with E-state index in [9.17, 15) is 8.42 Å². The molecule has 2 rings (SSSR count). The van der Waals surface area contributed by atoms with Gasteiger partial charge in [0.1, 0.15) is 4.21 Å². The molecule has 1 aromatic carbocycles. The molecule has 0 unspecified atom stereocenters. The second-order valence-electron chi connectivity index (χ2n) is 4.41. The Morgan fingerprint density at radius 3 is 2.16 bits per heavy atom. The number of nitrogens with zero attached hydrogens (tertiary/aromatic N) is 1. The molecule has 0 aliphatic carbocycles. The quantitative estimate of drug-likeness (QED) is 0.943. The number of nitrogens with one attached hydrogen (secondary N) is 1. The second-order valence-corrected chi connectivity index (χ2v) is 7.61. The minimum Gasteiger partial charge on any atom is -0.378 e. The predicted molar refractivity (Wildman–Crippen MR) is 80.6 cm³/mol. The molecule has 0 atom stereocenters. The molecular formula is C13H16N2O2S2. The van der Waals surface area contributed by atoms with Gasteiger partial charge in [-0.15, -0.1) is 11.3 Å². The van der Waals surface area contributed by atoms with Crippen molar-refractivity contribution >= 4 is 32.7 Å². The summed E-state index contributed by atoms with van der Waals surface area (Å²) in [4.78, 5) is 2.93. The summed E-state index contributed by atoms with van der Waals surface area (Å²) < 4.78 is 27.2. The molecule has 0 radical (unpaired) electrons. The van der Waals surface area contributed by atoms with Crippen LogP contribution in [0.15, 0.2) is 40.6 Å². The van der Waals surface area contributed by atoms with Crippen molar-refractivity contribution in [2.45, 2.75) is 11.1 Å². The molecule has 0 saturated carbocycles. The first kappa shape index (κ1) is 13.9. The molecule has 4 nitrogen and oxygen atoms in total. The standard InChI is InChI=1S/C13H16N2O2S2/c1-10-4-9-13(18-10)19(16,17)14-11-5-7-12(8-6-11)15(2)3/h4-9,14H,1-3H3. The van der Waals surface area contributed by atoms with Gasteiger partial charge in [-0.05, 0) is 43.3 Å². The maximum absolute atomic E-state index is 12.1. The van der Waals surface area contributed by atoms with Gasteiger partial charge >= 0.3 is 0 Å². The molecule has 19 heavy (non-hydrogen) atoms. The number of hydrogen-bond donors (Lipinski definition) is 1. The molecule has 0 aliphatic rings. The third kappa shape index (κ3) is 3.27. The molecule has 6 heteroatoms. The zero-order valence-electron chi connectivity index (χ0n) is 11.0. The Morgan fingerprint density at radius 1 is 1.05 bits per heavy atom. The number of aryl methyl sites for hydroxylation is 1. The van der Waals surface area contributed by atoms with Gasteiger partial charge in [-0.25, -0.2) is 8.42 Å². The highest BCUT2D eigenvalue weighted by molar-refractivity contribution is 7.94. The molecule has 0 spiro atoms. The summed E-state index contributed by atoms with van der Waals surface area (Å²) in [6, 6.07) is 10.7. The van der Waals surface area contributed by atoms with E-state index < -0.39 is 10.0 Å². The van der Waals surface area contributed by atoms with Crippen LogP contribution in [0.25, 0.3) is 0 Å². The summed E-state index contributed by atoms with van der Waals surface area (Å²) in [5.74, 6) is 0. The molecule has 0 bridgehead atoms. The topological polar surface area (TPSA) is 49.4 Å². The minimum atomic E-state index is -3.47. The number of sulfonamides is 1. The molecule has 1 N–H and O–H groups in total. The lowest BCUT2D eigenvalue weighted by molar-refractivity contribution is 0.603. The lowest BCUT2D eigenvalue weighted by atomic mass is 10.3. The van der Waals surface area contributed by atoms with Crippen molar-refractivity contribution in [2.75, 3.05) is 23.7 Å². The molecule has 0 amide bonds. The van der Waals surface area contributed by atoms with Gasteiger partial charge in [0.2, 0.25) is 0 Å². The average Bonchev–Trinajstić information content (AvgIpc) is 2.77. The first-order valence-corrected chi connectivity index (χ1v) is 8.05. The fraction of sp³-hybridized carbons (Fsp3) is 0.231. The van der Waals surface area contributed by atoms with Gasteiger partial charge in [-0.2, -0.15) is 0 Å². The largest absolute Gasteiger partial charge is 0.378 e. The fourth-order valence-electron chi connectivity index (χ4n) is 1.59. The Hall–Kier alpha value is -1.53. The van der Waals surface area contributed by atoms with Crippen molar-refractivity contribution in [3.63, 3.8) is 0 Å². The average molecular weight is 296 g/mol. The number of benzene rings is 1. The lowest BCUT2D eigenvalue weighted by Gasteiger charge is -2.13. The number of anilines is 2. The number of rotatable bonds is 4. The van der Waals surface area contributed by atoms with Crippen LogP contribution in [0.3, 0.4) is 0 Å². The van der Waals surface area contributed by atoms with E-state index in [1.54, 1.807) is 24.3 Å². The van der Waals surface area contributed by atoms with Crippen LogP contribution in [0, 0.1) is 6.92 Å². The summed E-state index contributed by atoms with van der Waals surface area (Å²) in [7, 11) is 0.406. The van der Waals surface area contributed by atoms with E-state index in [-0.39, 0.29) is 0 Å². The number of thiophene rings is 1. The molecule has 102 valence electrons. The Bertz CT molecular complexity index is 658. The van der Waals surface area contributed by atoms with Gasteiger partial charge in [0.25, 0.3) is 10.0 Å². The van der Waals surface area contributed by atoms with Gasteiger partial charge in [0, 0.05) is 30.3 Å². The molecule has 1 heterocycles. The fourth-order valence-corrected chi connectivity index (χ4v) is 3.93. The van der Waals surface area contributed by atoms with Crippen LogP contribution in [0.4, 0.5) is 11.4 Å². The van der Waals surface area contributed by atoms with E-state index in [1.165, 1.54) is 11.3 Å². The van der Waals surface area contributed by atoms with Crippen LogP contribution >= 0.6 is 11.3 Å². The van der Waals surface area contributed by atoms with Crippen LogP contribution in [-0.2, 0) is 10.0 Å². The first-order chi connectivity index (χ1) is 8.88. The summed E-state index contributed by atoms with van der Waals surface area (Å²) >= 11 is 1.26.